The minimum atomic E-state index is -0.549. The highest BCUT2D eigenvalue weighted by molar-refractivity contribution is 7.99. The van der Waals surface area contributed by atoms with Crippen LogP contribution < -0.4 is 5.73 Å². The summed E-state index contributed by atoms with van der Waals surface area (Å²) < 4.78 is 1.88. The lowest BCUT2D eigenvalue weighted by molar-refractivity contribution is 0.0995. The van der Waals surface area contributed by atoms with Gasteiger partial charge in [-0.3, -0.25) is 4.79 Å². The van der Waals surface area contributed by atoms with Gasteiger partial charge in [0.25, 0.3) is 5.91 Å². The van der Waals surface area contributed by atoms with E-state index in [1.165, 1.54) is 0 Å². The lowest BCUT2D eigenvalue weighted by Crippen LogP contribution is -2.13. The molecule has 0 aliphatic rings. The van der Waals surface area contributed by atoms with Gasteiger partial charge >= 0.3 is 0 Å². The molecule has 0 radical (unpaired) electrons. The highest BCUT2D eigenvalue weighted by atomic mass is 32.2. The van der Waals surface area contributed by atoms with E-state index in [9.17, 15) is 4.79 Å². The summed E-state index contributed by atoms with van der Waals surface area (Å²) in [5, 5.41) is 9.15. The van der Waals surface area contributed by atoms with Gasteiger partial charge in [0.05, 0.1) is 0 Å². The van der Waals surface area contributed by atoms with E-state index in [4.69, 9.17) is 5.73 Å². The Morgan fingerprint density at radius 3 is 2.90 bits per heavy atom. The Morgan fingerprint density at radius 1 is 1.40 bits per heavy atom. The Balaban J connectivity index is 2.25. The fourth-order valence-corrected chi connectivity index (χ4v) is 2.66. The van der Waals surface area contributed by atoms with Crippen molar-refractivity contribution in [2.75, 3.05) is 5.75 Å². The quantitative estimate of drug-likeness (QED) is 0.648. The highest BCUT2D eigenvalue weighted by Gasteiger charge is 2.13. The van der Waals surface area contributed by atoms with Crippen molar-refractivity contribution in [3.05, 3.63) is 23.9 Å². The average Bonchev–Trinajstić information content (AvgIpc) is 2.81. The van der Waals surface area contributed by atoms with Crippen molar-refractivity contribution < 1.29 is 4.79 Å². The Morgan fingerprint density at radius 2 is 2.20 bits per heavy atom. The molecule has 0 atom stereocenters. The van der Waals surface area contributed by atoms with Crippen molar-refractivity contribution in [3.8, 4) is 11.5 Å². The summed E-state index contributed by atoms with van der Waals surface area (Å²) >= 11 is 1.67. The maximum absolute atomic E-state index is 11.2. The van der Waals surface area contributed by atoms with Crippen LogP contribution in [0.15, 0.2) is 23.4 Å². The molecule has 7 heteroatoms. The Kier molecular flexibility index (Phi) is 4.73. The van der Waals surface area contributed by atoms with Crippen molar-refractivity contribution in [1.29, 1.82) is 0 Å². The molecule has 0 aliphatic heterocycles. The van der Waals surface area contributed by atoms with Gasteiger partial charge in [-0.1, -0.05) is 31.2 Å². The standard InChI is InChI=1S/C13H17N5OS/c1-3-4-8-20-13-17-16-12(18(13)2)10-7-5-6-9(15-10)11(14)19/h5-7H,3-4,8H2,1-2H3,(H2,14,19). The number of amides is 1. The summed E-state index contributed by atoms with van der Waals surface area (Å²) in [4.78, 5) is 15.4. The maximum atomic E-state index is 11.2. The largest absolute Gasteiger partial charge is 0.364 e. The molecule has 0 saturated carbocycles. The van der Waals surface area contributed by atoms with Gasteiger partial charge in [-0.05, 0) is 18.6 Å². The van der Waals surface area contributed by atoms with Crippen LogP contribution in [0.1, 0.15) is 30.3 Å². The predicted octanol–water partition coefficient (Wildman–Crippen LogP) is 1.87. The van der Waals surface area contributed by atoms with E-state index in [-0.39, 0.29) is 5.69 Å². The van der Waals surface area contributed by atoms with E-state index in [0.29, 0.717) is 11.5 Å². The van der Waals surface area contributed by atoms with Gasteiger partial charge in [-0.25, -0.2) is 4.98 Å². The van der Waals surface area contributed by atoms with Gasteiger partial charge in [0.2, 0.25) is 0 Å². The van der Waals surface area contributed by atoms with Crippen LogP contribution in [0.3, 0.4) is 0 Å². The third kappa shape index (κ3) is 3.16. The van der Waals surface area contributed by atoms with Crippen LogP contribution in [0.2, 0.25) is 0 Å². The van der Waals surface area contributed by atoms with E-state index < -0.39 is 5.91 Å². The molecule has 106 valence electrons. The summed E-state index contributed by atoms with van der Waals surface area (Å²) in [5.74, 6) is 1.09. The van der Waals surface area contributed by atoms with Crippen molar-refractivity contribution in [2.24, 2.45) is 12.8 Å². The number of nitrogens with two attached hydrogens (primary N) is 1. The van der Waals surface area contributed by atoms with Gasteiger partial charge in [0.1, 0.15) is 11.4 Å². The zero-order valence-electron chi connectivity index (χ0n) is 11.5. The molecule has 0 saturated heterocycles. The second-order valence-electron chi connectivity index (χ2n) is 4.34. The molecule has 0 aliphatic carbocycles. The molecule has 20 heavy (non-hydrogen) atoms. The number of thioether (sulfide) groups is 1. The average molecular weight is 291 g/mol. The number of rotatable bonds is 6. The van der Waals surface area contributed by atoms with Crippen molar-refractivity contribution in [2.45, 2.75) is 24.9 Å². The Bertz CT molecular complexity index is 611. The van der Waals surface area contributed by atoms with E-state index in [0.717, 1.165) is 23.8 Å². The summed E-state index contributed by atoms with van der Waals surface area (Å²) in [6.45, 7) is 2.15. The molecule has 0 fully saturated rings. The summed E-state index contributed by atoms with van der Waals surface area (Å²) in [6, 6.07) is 5.11. The number of pyridine rings is 1. The topological polar surface area (TPSA) is 86.7 Å². The monoisotopic (exact) mass is 291 g/mol. The van der Waals surface area contributed by atoms with Crippen LogP contribution in [0.25, 0.3) is 11.5 Å². The molecule has 2 N–H and O–H groups in total. The summed E-state index contributed by atoms with van der Waals surface area (Å²) in [5.41, 5.74) is 6.06. The molecule has 0 spiro atoms. The summed E-state index contributed by atoms with van der Waals surface area (Å²) in [7, 11) is 1.89. The molecule has 2 rings (SSSR count). The highest BCUT2D eigenvalue weighted by Crippen LogP contribution is 2.22. The van der Waals surface area contributed by atoms with Crippen LogP contribution in [0.4, 0.5) is 0 Å². The Hall–Kier alpha value is -1.89. The van der Waals surface area contributed by atoms with Crippen LogP contribution in [-0.4, -0.2) is 31.4 Å². The molecule has 0 aromatic carbocycles. The zero-order chi connectivity index (χ0) is 14.5. The van der Waals surface area contributed by atoms with E-state index in [2.05, 4.69) is 22.1 Å². The minimum Gasteiger partial charge on any atom is -0.364 e. The first-order valence-corrected chi connectivity index (χ1v) is 7.41. The second-order valence-corrected chi connectivity index (χ2v) is 5.40. The smallest absolute Gasteiger partial charge is 0.267 e. The molecule has 6 nitrogen and oxygen atoms in total. The number of hydrogen-bond acceptors (Lipinski definition) is 5. The molecule has 0 bridgehead atoms. The molecule has 2 aromatic heterocycles. The van der Waals surface area contributed by atoms with Gasteiger partial charge in [-0.15, -0.1) is 10.2 Å². The summed E-state index contributed by atoms with van der Waals surface area (Å²) in [6.07, 6.45) is 2.29. The van der Waals surface area contributed by atoms with Crippen molar-refractivity contribution in [1.82, 2.24) is 19.7 Å². The molecule has 2 aromatic rings. The van der Waals surface area contributed by atoms with Crippen LogP contribution in [-0.2, 0) is 7.05 Å². The fourth-order valence-electron chi connectivity index (χ4n) is 1.67. The minimum absolute atomic E-state index is 0.227. The van der Waals surface area contributed by atoms with Crippen LogP contribution in [0.5, 0.6) is 0 Å². The van der Waals surface area contributed by atoms with Crippen LogP contribution in [0, 0.1) is 0 Å². The number of nitrogens with zero attached hydrogens (tertiary/aromatic N) is 4. The third-order valence-electron chi connectivity index (χ3n) is 2.79. The maximum Gasteiger partial charge on any atom is 0.267 e. The first kappa shape index (κ1) is 14.5. The first-order chi connectivity index (χ1) is 9.63. The number of primary amides is 1. The van der Waals surface area contributed by atoms with E-state index in [1.54, 1.807) is 30.0 Å². The van der Waals surface area contributed by atoms with Gasteiger partial charge < -0.3 is 10.3 Å². The lowest BCUT2D eigenvalue weighted by Gasteiger charge is -2.04. The van der Waals surface area contributed by atoms with Gasteiger partial charge in [-0.2, -0.15) is 0 Å². The zero-order valence-corrected chi connectivity index (χ0v) is 12.4. The number of hydrogen-bond donors (Lipinski definition) is 1. The molecule has 0 unspecified atom stereocenters. The molecular weight excluding hydrogens is 274 g/mol. The number of carbonyl (C=O) groups is 1. The second kappa shape index (κ2) is 6.51. The fraction of sp³-hybridized carbons (Fsp3) is 0.385. The third-order valence-corrected chi connectivity index (χ3v) is 3.90. The molecule has 1 amide bonds. The van der Waals surface area contributed by atoms with E-state index >= 15 is 0 Å². The SMILES string of the molecule is CCCCSc1nnc(-c2cccc(C(N)=O)n2)n1C. The van der Waals surface area contributed by atoms with Gasteiger partial charge in [0.15, 0.2) is 11.0 Å². The van der Waals surface area contributed by atoms with Crippen molar-refractivity contribution >= 4 is 17.7 Å². The molecular formula is C13H17N5OS. The van der Waals surface area contributed by atoms with Crippen molar-refractivity contribution in [3.63, 3.8) is 0 Å². The van der Waals surface area contributed by atoms with Gasteiger partial charge in [0, 0.05) is 12.8 Å². The Labute approximate surface area is 121 Å². The number of carbonyl (C=O) groups excluding carboxylic acids is 1. The van der Waals surface area contributed by atoms with Crippen LogP contribution >= 0.6 is 11.8 Å². The normalized spacial score (nSPS) is 10.7. The van der Waals surface area contributed by atoms with E-state index in [1.807, 2.05) is 11.6 Å². The number of unbranched alkanes of at least 4 members (excludes halogenated alkanes) is 1. The molecule has 2 heterocycles. The number of aromatic nitrogens is 4. The first-order valence-electron chi connectivity index (χ1n) is 6.43. The predicted molar refractivity (Wildman–Crippen MR) is 78.4 cm³/mol. The lowest BCUT2D eigenvalue weighted by atomic mass is 10.3.